The molecular weight excluding hydrogens is 340 g/mol. The highest BCUT2D eigenvalue weighted by Crippen LogP contribution is 2.49. The summed E-state index contributed by atoms with van der Waals surface area (Å²) < 4.78 is 5.38. The van der Waals surface area contributed by atoms with Crippen LogP contribution in [-0.2, 0) is 14.3 Å². The monoisotopic (exact) mass is 370 g/mol. The van der Waals surface area contributed by atoms with E-state index in [1.54, 1.807) is 14.0 Å². The Kier molecular flexibility index (Phi) is 4.75. The summed E-state index contributed by atoms with van der Waals surface area (Å²) in [5, 5.41) is 0. The molecular formula is C22H30N2O3. The summed E-state index contributed by atoms with van der Waals surface area (Å²) in [4.78, 5) is 29.7. The summed E-state index contributed by atoms with van der Waals surface area (Å²) in [6.45, 7) is 6.56. The van der Waals surface area contributed by atoms with E-state index in [4.69, 9.17) is 4.74 Å². The third kappa shape index (κ3) is 2.96. The van der Waals surface area contributed by atoms with Gasteiger partial charge in [0.05, 0.1) is 18.1 Å². The van der Waals surface area contributed by atoms with Crippen molar-refractivity contribution in [3.8, 4) is 0 Å². The zero-order chi connectivity index (χ0) is 19.2. The molecule has 0 spiro atoms. The van der Waals surface area contributed by atoms with Crippen molar-refractivity contribution in [2.75, 3.05) is 33.4 Å². The Bertz CT molecular complexity index is 743. The molecule has 0 bridgehead atoms. The molecule has 2 amide bonds. The van der Waals surface area contributed by atoms with E-state index in [0.29, 0.717) is 18.4 Å². The van der Waals surface area contributed by atoms with E-state index < -0.39 is 0 Å². The fourth-order valence-electron chi connectivity index (χ4n) is 5.49. The first-order valence-corrected chi connectivity index (χ1v) is 10.1. The third-order valence-corrected chi connectivity index (χ3v) is 7.05. The lowest BCUT2D eigenvalue weighted by molar-refractivity contribution is -0.151. The van der Waals surface area contributed by atoms with Gasteiger partial charge in [-0.3, -0.25) is 9.59 Å². The van der Waals surface area contributed by atoms with Gasteiger partial charge in [-0.2, -0.15) is 0 Å². The molecule has 146 valence electrons. The van der Waals surface area contributed by atoms with Gasteiger partial charge in [-0.05, 0) is 30.9 Å². The van der Waals surface area contributed by atoms with Gasteiger partial charge in [-0.1, -0.05) is 30.7 Å². The van der Waals surface area contributed by atoms with Gasteiger partial charge in [-0.25, -0.2) is 0 Å². The maximum absolute atomic E-state index is 13.3. The van der Waals surface area contributed by atoms with Crippen LogP contribution in [0.4, 0.5) is 0 Å². The number of likely N-dealkylation sites (tertiary alicyclic amines) is 2. The Hall–Kier alpha value is -1.88. The van der Waals surface area contributed by atoms with Crippen LogP contribution in [0.2, 0.25) is 0 Å². The fraction of sp³-hybridized carbons (Fsp3) is 0.636. The fourth-order valence-corrected chi connectivity index (χ4v) is 5.49. The summed E-state index contributed by atoms with van der Waals surface area (Å²) in [6, 6.07) is 8.42. The zero-order valence-electron chi connectivity index (χ0n) is 16.6. The van der Waals surface area contributed by atoms with Crippen LogP contribution in [0.3, 0.4) is 0 Å². The van der Waals surface area contributed by atoms with E-state index in [-0.39, 0.29) is 23.3 Å². The number of carbonyl (C=O) groups is 2. The van der Waals surface area contributed by atoms with Crippen LogP contribution in [-0.4, -0.2) is 55.0 Å². The van der Waals surface area contributed by atoms with E-state index in [2.05, 4.69) is 24.0 Å². The van der Waals surface area contributed by atoms with E-state index in [0.717, 1.165) is 38.9 Å². The maximum atomic E-state index is 13.3. The quantitative estimate of drug-likeness (QED) is 0.819. The predicted octanol–water partition coefficient (Wildman–Crippen LogP) is 2.79. The van der Waals surface area contributed by atoms with Crippen LogP contribution in [0.5, 0.6) is 0 Å². The summed E-state index contributed by atoms with van der Waals surface area (Å²) in [5.41, 5.74) is 2.14. The second-order valence-corrected chi connectivity index (χ2v) is 8.67. The molecule has 3 fully saturated rings. The summed E-state index contributed by atoms with van der Waals surface area (Å²) in [5.74, 6) is 1.08. The molecule has 0 radical (unpaired) electrons. The molecule has 3 aliphatic rings. The van der Waals surface area contributed by atoms with Crippen molar-refractivity contribution in [2.24, 2.45) is 17.3 Å². The number of methoxy groups -OCH3 is 1. The van der Waals surface area contributed by atoms with Gasteiger partial charge in [0.15, 0.2) is 0 Å². The molecule has 2 saturated heterocycles. The van der Waals surface area contributed by atoms with Gasteiger partial charge in [-0.15, -0.1) is 0 Å². The number of fused-ring (bicyclic) bond motifs is 1. The number of benzene rings is 1. The summed E-state index contributed by atoms with van der Waals surface area (Å²) in [7, 11) is 1.69. The van der Waals surface area contributed by atoms with Crippen molar-refractivity contribution in [3.05, 3.63) is 35.4 Å². The summed E-state index contributed by atoms with van der Waals surface area (Å²) in [6.07, 6.45) is 2.98. The van der Waals surface area contributed by atoms with Crippen LogP contribution in [0.1, 0.15) is 43.4 Å². The molecule has 2 aliphatic heterocycles. The Morgan fingerprint density at radius 3 is 2.52 bits per heavy atom. The van der Waals surface area contributed by atoms with Crippen molar-refractivity contribution in [2.45, 2.75) is 39.2 Å². The summed E-state index contributed by atoms with van der Waals surface area (Å²) >= 11 is 0. The number of amides is 2. The van der Waals surface area contributed by atoms with Crippen LogP contribution >= 0.6 is 0 Å². The van der Waals surface area contributed by atoms with Crippen molar-refractivity contribution in [1.82, 2.24) is 9.80 Å². The Balaban J connectivity index is 1.58. The van der Waals surface area contributed by atoms with Crippen molar-refractivity contribution in [1.29, 1.82) is 0 Å². The number of carbonyl (C=O) groups excluding carboxylic acids is 2. The predicted molar refractivity (Wildman–Crippen MR) is 103 cm³/mol. The third-order valence-electron chi connectivity index (χ3n) is 7.05. The first kappa shape index (κ1) is 18.5. The van der Waals surface area contributed by atoms with Crippen LogP contribution < -0.4 is 0 Å². The highest BCUT2D eigenvalue weighted by Gasteiger charge is 2.53. The molecule has 5 heteroatoms. The van der Waals surface area contributed by atoms with Crippen LogP contribution in [0, 0.1) is 24.2 Å². The molecule has 1 aliphatic carbocycles. The highest BCUT2D eigenvalue weighted by atomic mass is 16.5. The van der Waals surface area contributed by atoms with Gasteiger partial charge in [0.25, 0.3) is 0 Å². The van der Waals surface area contributed by atoms with Crippen molar-refractivity contribution >= 4 is 11.8 Å². The smallest absolute Gasteiger partial charge is 0.231 e. The van der Waals surface area contributed by atoms with E-state index in [1.165, 1.54) is 11.1 Å². The van der Waals surface area contributed by atoms with Crippen molar-refractivity contribution in [3.63, 3.8) is 0 Å². The van der Waals surface area contributed by atoms with E-state index in [1.807, 2.05) is 17.0 Å². The minimum Gasteiger partial charge on any atom is -0.384 e. The average molecular weight is 370 g/mol. The molecule has 1 aromatic carbocycles. The molecule has 27 heavy (non-hydrogen) atoms. The second kappa shape index (κ2) is 6.93. The Labute approximate surface area is 161 Å². The van der Waals surface area contributed by atoms with E-state index >= 15 is 0 Å². The lowest BCUT2D eigenvalue weighted by Crippen LogP contribution is -2.50. The number of nitrogens with zero attached hydrogens (tertiary/aromatic N) is 2. The molecule has 1 aromatic rings. The standard InChI is InChI=1S/C22H30N2O3/c1-15-7-4-5-8-18(15)20-19-13-23(11-17(19)12-24(20)16(2)25)21(26)22(14-27-3)9-6-10-22/h4-5,7-8,17,19-20H,6,9-14H2,1-3H3/t17-,19-,20-/m1/s1. The largest absolute Gasteiger partial charge is 0.384 e. The number of hydrogen-bond acceptors (Lipinski definition) is 3. The first-order chi connectivity index (χ1) is 13.0. The zero-order valence-corrected chi connectivity index (χ0v) is 16.6. The lowest BCUT2D eigenvalue weighted by atomic mass is 9.68. The average Bonchev–Trinajstić information content (AvgIpc) is 3.16. The SMILES string of the molecule is COCC1(C(=O)N2C[C@@H]3CN(C(C)=O)[C@H](c4ccccc4C)[C@@H]3C2)CCC1. The molecule has 0 unspecified atom stereocenters. The molecule has 5 nitrogen and oxygen atoms in total. The van der Waals surface area contributed by atoms with Crippen LogP contribution in [0.25, 0.3) is 0 Å². The molecule has 2 heterocycles. The van der Waals surface area contributed by atoms with Crippen LogP contribution in [0.15, 0.2) is 24.3 Å². The number of aryl methyl sites for hydroxylation is 1. The second-order valence-electron chi connectivity index (χ2n) is 8.67. The van der Waals surface area contributed by atoms with Gasteiger partial charge in [0.1, 0.15) is 0 Å². The molecule has 3 atom stereocenters. The molecule has 1 saturated carbocycles. The number of rotatable bonds is 4. The molecule has 0 N–H and O–H groups in total. The van der Waals surface area contributed by atoms with E-state index in [9.17, 15) is 9.59 Å². The number of hydrogen-bond donors (Lipinski definition) is 0. The molecule has 0 aromatic heterocycles. The van der Waals surface area contributed by atoms with Crippen molar-refractivity contribution < 1.29 is 14.3 Å². The number of ether oxygens (including phenoxy) is 1. The molecule has 4 rings (SSSR count). The normalized spacial score (nSPS) is 28.8. The lowest BCUT2D eigenvalue weighted by Gasteiger charge is -2.42. The Morgan fingerprint density at radius 2 is 1.93 bits per heavy atom. The van der Waals surface area contributed by atoms with Gasteiger partial charge >= 0.3 is 0 Å². The minimum absolute atomic E-state index is 0.0752. The Morgan fingerprint density at radius 1 is 1.19 bits per heavy atom. The topological polar surface area (TPSA) is 49.9 Å². The van der Waals surface area contributed by atoms with Gasteiger partial charge in [0.2, 0.25) is 11.8 Å². The minimum atomic E-state index is -0.300. The van der Waals surface area contributed by atoms with Gasteiger partial charge < -0.3 is 14.5 Å². The first-order valence-electron chi connectivity index (χ1n) is 10.1. The van der Waals surface area contributed by atoms with Gasteiger partial charge in [0, 0.05) is 45.5 Å². The maximum Gasteiger partial charge on any atom is 0.231 e. The highest BCUT2D eigenvalue weighted by molar-refractivity contribution is 5.84.